The molecule has 116 valence electrons. The molecule has 2 heterocycles. The minimum absolute atomic E-state index is 0.443. The highest BCUT2D eigenvalue weighted by Crippen LogP contribution is 2.34. The van der Waals surface area contributed by atoms with Crippen LogP contribution in [0.1, 0.15) is 38.4 Å². The van der Waals surface area contributed by atoms with Crippen LogP contribution in [0.4, 0.5) is 0 Å². The van der Waals surface area contributed by atoms with Gasteiger partial charge in [-0.05, 0) is 49.0 Å². The Bertz CT molecular complexity index is 491. The smallest absolute Gasteiger partial charge is 0.161 e. The van der Waals surface area contributed by atoms with E-state index in [4.69, 9.17) is 9.47 Å². The van der Waals surface area contributed by atoms with Crippen LogP contribution in [0.15, 0.2) is 18.2 Å². The standard InChI is InChI=1S/C17H25NO3/c1-17(2)5-7-18(8-6-17)12-14(19)13-3-4-15-16(11-13)21-10-9-20-15/h3-4,11,14,19H,5-10,12H2,1-2H3. The molecule has 1 saturated heterocycles. The third-order valence-corrected chi connectivity index (χ3v) is 4.59. The largest absolute Gasteiger partial charge is 0.486 e. The summed E-state index contributed by atoms with van der Waals surface area (Å²) in [5.41, 5.74) is 1.35. The van der Waals surface area contributed by atoms with Crippen LogP contribution in [0.3, 0.4) is 0 Å². The van der Waals surface area contributed by atoms with Crippen LogP contribution in [0, 0.1) is 5.41 Å². The van der Waals surface area contributed by atoms with Gasteiger partial charge in [0.1, 0.15) is 13.2 Å². The predicted molar refractivity (Wildman–Crippen MR) is 81.8 cm³/mol. The van der Waals surface area contributed by atoms with E-state index in [1.807, 2.05) is 18.2 Å². The van der Waals surface area contributed by atoms with Crippen LogP contribution in [-0.4, -0.2) is 42.9 Å². The van der Waals surface area contributed by atoms with Crippen molar-refractivity contribution >= 4 is 0 Å². The number of nitrogens with zero attached hydrogens (tertiary/aromatic N) is 1. The summed E-state index contributed by atoms with van der Waals surface area (Å²) in [7, 11) is 0. The molecule has 1 aromatic rings. The molecule has 0 radical (unpaired) electrons. The Balaban J connectivity index is 1.62. The molecular formula is C17H25NO3. The van der Waals surface area contributed by atoms with E-state index in [0.29, 0.717) is 25.2 Å². The second-order valence-corrected chi connectivity index (χ2v) is 6.88. The first-order chi connectivity index (χ1) is 10.0. The molecule has 1 fully saturated rings. The average Bonchev–Trinajstić information content (AvgIpc) is 2.49. The van der Waals surface area contributed by atoms with Crippen molar-refractivity contribution in [2.45, 2.75) is 32.8 Å². The lowest BCUT2D eigenvalue weighted by atomic mass is 9.82. The minimum atomic E-state index is -0.470. The van der Waals surface area contributed by atoms with E-state index in [2.05, 4.69) is 18.7 Å². The number of ether oxygens (including phenoxy) is 2. The van der Waals surface area contributed by atoms with E-state index in [0.717, 1.165) is 30.2 Å². The molecule has 1 atom stereocenters. The van der Waals surface area contributed by atoms with Gasteiger partial charge in [0.2, 0.25) is 0 Å². The number of piperidine rings is 1. The van der Waals surface area contributed by atoms with Crippen molar-refractivity contribution in [3.8, 4) is 11.5 Å². The van der Waals surface area contributed by atoms with Crippen molar-refractivity contribution in [2.75, 3.05) is 32.8 Å². The van der Waals surface area contributed by atoms with Crippen LogP contribution < -0.4 is 9.47 Å². The number of rotatable bonds is 3. The number of fused-ring (bicyclic) bond motifs is 1. The second-order valence-electron chi connectivity index (χ2n) is 6.88. The molecule has 1 N–H and O–H groups in total. The fourth-order valence-electron chi connectivity index (χ4n) is 2.96. The number of aliphatic hydroxyl groups is 1. The molecule has 2 aliphatic rings. The molecule has 4 nitrogen and oxygen atoms in total. The van der Waals surface area contributed by atoms with E-state index < -0.39 is 6.10 Å². The zero-order valence-electron chi connectivity index (χ0n) is 13.0. The Labute approximate surface area is 126 Å². The van der Waals surface area contributed by atoms with Gasteiger partial charge in [-0.1, -0.05) is 19.9 Å². The first-order valence-electron chi connectivity index (χ1n) is 7.83. The van der Waals surface area contributed by atoms with Gasteiger partial charge in [-0.3, -0.25) is 0 Å². The van der Waals surface area contributed by atoms with Crippen LogP contribution in [0.5, 0.6) is 11.5 Å². The van der Waals surface area contributed by atoms with E-state index in [1.54, 1.807) is 0 Å². The van der Waals surface area contributed by atoms with Gasteiger partial charge in [0.25, 0.3) is 0 Å². The summed E-state index contributed by atoms with van der Waals surface area (Å²) >= 11 is 0. The third-order valence-electron chi connectivity index (χ3n) is 4.59. The fourth-order valence-corrected chi connectivity index (χ4v) is 2.96. The Morgan fingerprint density at radius 1 is 1.14 bits per heavy atom. The van der Waals surface area contributed by atoms with Crippen LogP contribution in [0.25, 0.3) is 0 Å². The third kappa shape index (κ3) is 3.50. The van der Waals surface area contributed by atoms with Crippen molar-refractivity contribution in [1.29, 1.82) is 0 Å². The van der Waals surface area contributed by atoms with Gasteiger partial charge in [-0.25, -0.2) is 0 Å². The highest BCUT2D eigenvalue weighted by molar-refractivity contribution is 5.44. The van der Waals surface area contributed by atoms with Crippen molar-refractivity contribution < 1.29 is 14.6 Å². The van der Waals surface area contributed by atoms with Gasteiger partial charge in [0.05, 0.1) is 6.10 Å². The quantitative estimate of drug-likeness (QED) is 0.929. The number of aliphatic hydroxyl groups excluding tert-OH is 1. The fraction of sp³-hybridized carbons (Fsp3) is 0.647. The number of likely N-dealkylation sites (tertiary alicyclic amines) is 1. The molecule has 1 unspecified atom stereocenters. The zero-order chi connectivity index (χ0) is 14.9. The van der Waals surface area contributed by atoms with Gasteiger partial charge in [-0.15, -0.1) is 0 Å². The average molecular weight is 291 g/mol. The zero-order valence-corrected chi connectivity index (χ0v) is 13.0. The Hall–Kier alpha value is -1.26. The number of hydrogen-bond acceptors (Lipinski definition) is 4. The number of hydrogen-bond donors (Lipinski definition) is 1. The molecule has 0 amide bonds. The van der Waals surface area contributed by atoms with Crippen molar-refractivity contribution in [1.82, 2.24) is 4.90 Å². The molecule has 1 aromatic carbocycles. The summed E-state index contributed by atoms with van der Waals surface area (Å²) in [5.74, 6) is 1.52. The molecule has 2 aliphatic heterocycles. The van der Waals surface area contributed by atoms with Crippen LogP contribution in [-0.2, 0) is 0 Å². The van der Waals surface area contributed by atoms with Gasteiger partial charge < -0.3 is 19.5 Å². The minimum Gasteiger partial charge on any atom is -0.486 e. The molecule has 0 aromatic heterocycles. The predicted octanol–water partition coefficient (Wildman–Crippen LogP) is 2.61. The summed E-state index contributed by atoms with van der Waals surface area (Å²) in [4.78, 5) is 2.35. The summed E-state index contributed by atoms with van der Waals surface area (Å²) < 4.78 is 11.1. The van der Waals surface area contributed by atoms with E-state index in [9.17, 15) is 5.11 Å². The van der Waals surface area contributed by atoms with E-state index >= 15 is 0 Å². The van der Waals surface area contributed by atoms with Crippen LogP contribution in [0.2, 0.25) is 0 Å². The Morgan fingerprint density at radius 3 is 2.52 bits per heavy atom. The van der Waals surface area contributed by atoms with Gasteiger partial charge in [0, 0.05) is 6.54 Å². The molecule has 0 bridgehead atoms. The maximum atomic E-state index is 10.5. The second kappa shape index (κ2) is 5.85. The molecule has 21 heavy (non-hydrogen) atoms. The molecular weight excluding hydrogens is 266 g/mol. The first kappa shape index (κ1) is 14.7. The molecule has 0 saturated carbocycles. The SMILES string of the molecule is CC1(C)CCN(CC(O)c2ccc3c(c2)OCCO3)CC1. The Kier molecular flexibility index (Phi) is 4.09. The van der Waals surface area contributed by atoms with E-state index in [1.165, 1.54) is 12.8 Å². The highest BCUT2D eigenvalue weighted by atomic mass is 16.6. The molecule has 4 heteroatoms. The summed E-state index contributed by atoms with van der Waals surface area (Å²) in [5, 5.41) is 10.5. The van der Waals surface area contributed by atoms with Crippen molar-refractivity contribution in [3.05, 3.63) is 23.8 Å². The van der Waals surface area contributed by atoms with Crippen LogP contribution >= 0.6 is 0 Å². The van der Waals surface area contributed by atoms with Crippen molar-refractivity contribution in [3.63, 3.8) is 0 Å². The highest BCUT2D eigenvalue weighted by Gasteiger charge is 2.26. The lowest BCUT2D eigenvalue weighted by molar-refractivity contribution is 0.0700. The topological polar surface area (TPSA) is 41.9 Å². The normalized spacial score (nSPS) is 22.8. The number of benzene rings is 1. The first-order valence-corrected chi connectivity index (χ1v) is 7.83. The van der Waals surface area contributed by atoms with E-state index in [-0.39, 0.29) is 0 Å². The van der Waals surface area contributed by atoms with Gasteiger partial charge in [0.15, 0.2) is 11.5 Å². The van der Waals surface area contributed by atoms with Gasteiger partial charge >= 0.3 is 0 Å². The maximum absolute atomic E-state index is 10.5. The number of β-amino-alcohol motifs (C(OH)–C–C–N with tert-alkyl or cyclic N) is 1. The summed E-state index contributed by atoms with van der Waals surface area (Å²) in [6.07, 6.45) is 1.92. The maximum Gasteiger partial charge on any atom is 0.161 e. The molecule has 0 aliphatic carbocycles. The summed E-state index contributed by atoms with van der Waals surface area (Å²) in [6.45, 7) is 8.63. The van der Waals surface area contributed by atoms with Gasteiger partial charge in [-0.2, -0.15) is 0 Å². The monoisotopic (exact) mass is 291 g/mol. The molecule has 0 spiro atoms. The Morgan fingerprint density at radius 2 is 1.81 bits per heavy atom. The lowest BCUT2D eigenvalue weighted by Crippen LogP contribution is -2.39. The summed E-state index contributed by atoms with van der Waals surface area (Å²) in [6, 6.07) is 5.74. The molecule has 3 rings (SSSR count). The lowest BCUT2D eigenvalue weighted by Gasteiger charge is -2.37. The van der Waals surface area contributed by atoms with Crippen molar-refractivity contribution in [2.24, 2.45) is 5.41 Å².